The summed E-state index contributed by atoms with van der Waals surface area (Å²) in [4.78, 5) is 17.0. The van der Waals surface area contributed by atoms with Crippen LogP contribution >= 0.6 is 27.5 Å². The summed E-state index contributed by atoms with van der Waals surface area (Å²) in [6, 6.07) is 10.7. The van der Waals surface area contributed by atoms with Crippen LogP contribution in [0, 0.1) is 0 Å². The molecule has 1 N–H and O–H groups in total. The van der Waals surface area contributed by atoms with Gasteiger partial charge in [-0.1, -0.05) is 39.7 Å². The first kappa shape index (κ1) is 14.8. The SMILES string of the molecule is CN(Cc1cccc(Br)c1)c1cc(C(=O)O)cc(Cl)n1. The lowest BCUT2D eigenvalue weighted by Crippen LogP contribution is -2.18. The lowest BCUT2D eigenvalue weighted by molar-refractivity contribution is 0.0697. The summed E-state index contributed by atoms with van der Waals surface area (Å²) in [6.07, 6.45) is 0. The van der Waals surface area contributed by atoms with Crippen LogP contribution in [0.3, 0.4) is 0 Å². The summed E-state index contributed by atoms with van der Waals surface area (Å²) in [7, 11) is 1.84. The molecule has 0 aliphatic rings. The van der Waals surface area contributed by atoms with Crippen molar-refractivity contribution < 1.29 is 9.90 Å². The Morgan fingerprint density at radius 2 is 2.15 bits per heavy atom. The number of hydrogen-bond donors (Lipinski definition) is 1. The van der Waals surface area contributed by atoms with Gasteiger partial charge in [0, 0.05) is 18.1 Å². The average molecular weight is 356 g/mol. The van der Waals surface area contributed by atoms with Crippen LogP contribution in [-0.2, 0) is 6.54 Å². The van der Waals surface area contributed by atoms with Crippen molar-refractivity contribution in [3.05, 3.63) is 57.2 Å². The number of halogens is 2. The Hall–Kier alpha value is -1.59. The molecule has 1 aromatic heterocycles. The van der Waals surface area contributed by atoms with Crippen LogP contribution in [-0.4, -0.2) is 23.1 Å². The molecule has 0 spiro atoms. The maximum Gasteiger partial charge on any atom is 0.335 e. The molecule has 0 fully saturated rings. The van der Waals surface area contributed by atoms with Gasteiger partial charge in [-0.05, 0) is 29.8 Å². The van der Waals surface area contributed by atoms with Gasteiger partial charge in [0.25, 0.3) is 0 Å². The largest absolute Gasteiger partial charge is 0.478 e. The number of rotatable bonds is 4. The molecule has 2 aromatic rings. The van der Waals surface area contributed by atoms with Gasteiger partial charge in [-0.25, -0.2) is 9.78 Å². The van der Waals surface area contributed by atoms with Crippen LogP contribution in [0.4, 0.5) is 5.82 Å². The molecular formula is C14H12BrClN2O2. The number of benzene rings is 1. The Labute approximate surface area is 130 Å². The lowest BCUT2D eigenvalue weighted by Gasteiger charge is -2.19. The normalized spacial score (nSPS) is 10.3. The van der Waals surface area contributed by atoms with Crippen LogP contribution in [0.25, 0.3) is 0 Å². The number of aromatic nitrogens is 1. The van der Waals surface area contributed by atoms with Crippen molar-refractivity contribution in [1.29, 1.82) is 0 Å². The molecule has 0 radical (unpaired) electrons. The topological polar surface area (TPSA) is 53.4 Å². The zero-order chi connectivity index (χ0) is 14.7. The van der Waals surface area contributed by atoms with Crippen molar-refractivity contribution in [3.63, 3.8) is 0 Å². The molecule has 2 rings (SSSR count). The van der Waals surface area contributed by atoms with Crippen molar-refractivity contribution in [2.24, 2.45) is 0 Å². The number of anilines is 1. The van der Waals surface area contributed by atoms with E-state index >= 15 is 0 Å². The Bertz CT molecular complexity index is 649. The number of carboxylic acid groups (broad SMARTS) is 1. The number of nitrogens with zero attached hydrogens (tertiary/aromatic N) is 2. The minimum Gasteiger partial charge on any atom is -0.478 e. The highest BCUT2D eigenvalue weighted by Gasteiger charge is 2.11. The van der Waals surface area contributed by atoms with Crippen LogP contribution in [0.15, 0.2) is 40.9 Å². The molecule has 0 saturated carbocycles. The van der Waals surface area contributed by atoms with Crippen molar-refractivity contribution >= 4 is 39.3 Å². The number of hydrogen-bond acceptors (Lipinski definition) is 3. The molecule has 0 amide bonds. The average Bonchev–Trinajstić information content (AvgIpc) is 2.37. The fourth-order valence-corrected chi connectivity index (χ4v) is 2.44. The molecule has 1 aromatic carbocycles. The molecule has 0 aliphatic carbocycles. The second kappa shape index (κ2) is 6.24. The monoisotopic (exact) mass is 354 g/mol. The molecular weight excluding hydrogens is 344 g/mol. The number of pyridine rings is 1. The molecule has 0 atom stereocenters. The van der Waals surface area contributed by atoms with E-state index in [0.29, 0.717) is 12.4 Å². The van der Waals surface area contributed by atoms with Gasteiger partial charge < -0.3 is 10.0 Å². The van der Waals surface area contributed by atoms with Gasteiger partial charge in [0.1, 0.15) is 11.0 Å². The zero-order valence-corrected chi connectivity index (χ0v) is 13.0. The summed E-state index contributed by atoms with van der Waals surface area (Å²) in [6.45, 7) is 0.603. The Morgan fingerprint density at radius 1 is 1.40 bits per heavy atom. The van der Waals surface area contributed by atoms with Crippen LogP contribution in [0.2, 0.25) is 5.15 Å². The molecule has 6 heteroatoms. The summed E-state index contributed by atoms with van der Waals surface area (Å²) in [5.74, 6) is -0.499. The fourth-order valence-electron chi connectivity index (χ4n) is 1.79. The smallest absolute Gasteiger partial charge is 0.335 e. The van der Waals surface area contributed by atoms with Crippen LogP contribution < -0.4 is 4.90 Å². The van der Waals surface area contributed by atoms with Gasteiger partial charge in [0.15, 0.2) is 0 Å². The quantitative estimate of drug-likeness (QED) is 0.847. The zero-order valence-electron chi connectivity index (χ0n) is 10.7. The van der Waals surface area contributed by atoms with E-state index in [4.69, 9.17) is 16.7 Å². The first-order chi connectivity index (χ1) is 9.45. The van der Waals surface area contributed by atoms with E-state index in [1.807, 2.05) is 36.2 Å². The van der Waals surface area contributed by atoms with Gasteiger partial charge in [0.2, 0.25) is 0 Å². The molecule has 0 unspecified atom stereocenters. The summed E-state index contributed by atoms with van der Waals surface area (Å²) >= 11 is 9.28. The van der Waals surface area contributed by atoms with E-state index in [9.17, 15) is 4.79 Å². The molecule has 4 nitrogen and oxygen atoms in total. The van der Waals surface area contributed by atoms with Crippen LogP contribution in [0.5, 0.6) is 0 Å². The predicted octanol–water partition coefficient (Wildman–Crippen LogP) is 3.83. The molecule has 104 valence electrons. The van der Waals surface area contributed by atoms with E-state index in [0.717, 1.165) is 10.0 Å². The molecule has 1 heterocycles. The summed E-state index contributed by atoms with van der Waals surface area (Å²) < 4.78 is 0.994. The van der Waals surface area contributed by atoms with Gasteiger partial charge >= 0.3 is 5.97 Å². The first-order valence-electron chi connectivity index (χ1n) is 5.82. The highest BCUT2D eigenvalue weighted by Crippen LogP contribution is 2.20. The van der Waals surface area contributed by atoms with Crippen molar-refractivity contribution in [2.45, 2.75) is 6.54 Å². The van der Waals surface area contributed by atoms with E-state index in [-0.39, 0.29) is 10.7 Å². The maximum absolute atomic E-state index is 11.0. The Balaban J connectivity index is 2.25. The predicted molar refractivity (Wildman–Crippen MR) is 82.5 cm³/mol. The second-order valence-electron chi connectivity index (χ2n) is 4.33. The number of carboxylic acids is 1. The van der Waals surface area contributed by atoms with Gasteiger partial charge in [-0.2, -0.15) is 0 Å². The third kappa shape index (κ3) is 3.71. The molecule has 20 heavy (non-hydrogen) atoms. The van der Waals surface area contributed by atoms with E-state index in [1.165, 1.54) is 12.1 Å². The van der Waals surface area contributed by atoms with Crippen molar-refractivity contribution in [1.82, 2.24) is 4.98 Å². The first-order valence-corrected chi connectivity index (χ1v) is 6.99. The van der Waals surface area contributed by atoms with E-state index < -0.39 is 5.97 Å². The summed E-state index contributed by atoms with van der Waals surface area (Å²) in [5, 5.41) is 9.20. The van der Waals surface area contributed by atoms with Crippen molar-refractivity contribution in [3.8, 4) is 0 Å². The molecule has 0 saturated heterocycles. The van der Waals surface area contributed by atoms with Crippen molar-refractivity contribution in [2.75, 3.05) is 11.9 Å². The fraction of sp³-hybridized carbons (Fsp3) is 0.143. The standard InChI is InChI=1S/C14H12BrClN2O2/c1-18(8-9-3-2-4-11(15)5-9)13-7-10(14(19)20)6-12(16)17-13/h2-7H,8H2,1H3,(H,19,20). The molecule has 0 aliphatic heterocycles. The minimum atomic E-state index is -1.02. The third-order valence-corrected chi connectivity index (χ3v) is 3.41. The van der Waals surface area contributed by atoms with E-state index in [2.05, 4.69) is 20.9 Å². The van der Waals surface area contributed by atoms with Gasteiger partial charge in [-0.15, -0.1) is 0 Å². The van der Waals surface area contributed by atoms with E-state index in [1.54, 1.807) is 0 Å². The van der Waals surface area contributed by atoms with Crippen LogP contribution in [0.1, 0.15) is 15.9 Å². The number of aromatic carboxylic acids is 1. The van der Waals surface area contributed by atoms with Gasteiger partial charge in [0.05, 0.1) is 5.56 Å². The van der Waals surface area contributed by atoms with Gasteiger partial charge in [-0.3, -0.25) is 0 Å². The molecule has 0 bridgehead atoms. The minimum absolute atomic E-state index is 0.126. The highest BCUT2D eigenvalue weighted by molar-refractivity contribution is 9.10. The third-order valence-electron chi connectivity index (χ3n) is 2.73. The highest BCUT2D eigenvalue weighted by atomic mass is 79.9. The second-order valence-corrected chi connectivity index (χ2v) is 5.63. The Kier molecular flexibility index (Phi) is 4.62. The summed E-state index contributed by atoms with van der Waals surface area (Å²) in [5.41, 5.74) is 1.21. The lowest BCUT2D eigenvalue weighted by atomic mass is 10.2. The number of carbonyl (C=O) groups is 1. The Morgan fingerprint density at radius 3 is 2.80 bits per heavy atom. The maximum atomic E-state index is 11.0.